The third-order valence-corrected chi connectivity index (χ3v) is 4.58. The van der Waals surface area contributed by atoms with Crippen LogP contribution in [0.25, 0.3) is 0 Å². The van der Waals surface area contributed by atoms with Gasteiger partial charge in [0.1, 0.15) is 24.1 Å². The van der Waals surface area contributed by atoms with Gasteiger partial charge in [0.2, 0.25) is 0 Å². The van der Waals surface area contributed by atoms with Gasteiger partial charge in [0.05, 0.1) is 24.9 Å². The molecule has 3 aromatic rings. The molecule has 0 radical (unpaired) electrons. The molecule has 3 aromatic carbocycles. The molecule has 0 fully saturated rings. The molecular formula is C21H18N2O6. The molecule has 0 saturated carbocycles. The van der Waals surface area contributed by atoms with Crippen molar-refractivity contribution in [3.8, 4) is 11.5 Å². The van der Waals surface area contributed by atoms with Crippen molar-refractivity contribution >= 4 is 23.0 Å². The number of ether oxygens (including phenoxy) is 3. The van der Waals surface area contributed by atoms with Gasteiger partial charge in [-0.3, -0.25) is 9.59 Å². The fraction of sp³-hybridized carbons (Fsp3) is 0.190. The highest BCUT2D eigenvalue weighted by Gasteiger charge is 2.25. The van der Waals surface area contributed by atoms with Crippen LogP contribution in [0, 0.1) is 0 Å². The Morgan fingerprint density at radius 1 is 1.03 bits per heavy atom. The van der Waals surface area contributed by atoms with E-state index in [1.54, 1.807) is 30.3 Å². The van der Waals surface area contributed by atoms with Gasteiger partial charge < -0.3 is 24.8 Å². The fourth-order valence-electron chi connectivity index (χ4n) is 3.07. The molecule has 0 unspecified atom stereocenters. The second-order valence-corrected chi connectivity index (χ2v) is 6.45. The quantitative estimate of drug-likeness (QED) is 0.484. The summed E-state index contributed by atoms with van der Waals surface area (Å²) in [6, 6.07) is 13.9. The first-order valence-electron chi connectivity index (χ1n) is 8.98. The van der Waals surface area contributed by atoms with Crippen molar-refractivity contribution in [3.05, 3.63) is 74.5 Å². The Morgan fingerprint density at radius 3 is 2.52 bits per heavy atom. The lowest BCUT2D eigenvalue weighted by atomic mass is 10.1. The van der Waals surface area contributed by atoms with Gasteiger partial charge in [0.15, 0.2) is 11.5 Å². The second kappa shape index (κ2) is 7.67. The van der Waals surface area contributed by atoms with E-state index in [4.69, 9.17) is 14.2 Å². The molecule has 1 heterocycles. The van der Waals surface area contributed by atoms with Crippen molar-refractivity contribution < 1.29 is 19.0 Å². The molecule has 1 aliphatic rings. The Balaban J connectivity index is 1.48. The Bertz CT molecular complexity index is 1130. The molecule has 8 heteroatoms. The summed E-state index contributed by atoms with van der Waals surface area (Å²) < 4.78 is 16.2. The van der Waals surface area contributed by atoms with E-state index in [1.807, 2.05) is 18.2 Å². The van der Waals surface area contributed by atoms with Gasteiger partial charge in [0.25, 0.3) is 10.9 Å². The number of anilines is 3. The average molecular weight is 394 g/mol. The molecule has 2 N–H and O–H groups in total. The van der Waals surface area contributed by atoms with Crippen LogP contribution in [0.3, 0.4) is 0 Å². The van der Waals surface area contributed by atoms with E-state index in [1.165, 1.54) is 7.11 Å². The lowest BCUT2D eigenvalue weighted by Crippen LogP contribution is -2.41. The average Bonchev–Trinajstić information content (AvgIpc) is 2.77. The van der Waals surface area contributed by atoms with Crippen LogP contribution in [0.1, 0.15) is 10.4 Å². The van der Waals surface area contributed by atoms with Crippen molar-refractivity contribution in [2.24, 2.45) is 0 Å². The number of hydrogen-bond donors (Lipinski definition) is 2. The topological polar surface area (TPSA) is 103 Å². The minimum atomic E-state index is -0.654. The number of methoxy groups -OCH3 is 1. The molecule has 8 nitrogen and oxygen atoms in total. The minimum Gasteiger partial charge on any atom is -0.486 e. The molecular weight excluding hydrogens is 376 g/mol. The monoisotopic (exact) mass is 394 g/mol. The van der Waals surface area contributed by atoms with Crippen molar-refractivity contribution in [2.45, 2.75) is 6.10 Å². The molecule has 148 valence electrons. The maximum atomic E-state index is 12.1. The van der Waals surface area contributed by atoms with Crippen molar-refractivity contribution in [3.63, 3.8) is 0 Å². The lowest BCUT2D eigenvalue weighted by Gasteiger charge is -2.27. The van der Waals surface area contributed by atoms with Crippen LogP contribution < -0.4 is 31.0 Å². The van der Waals surface area contributed by atoms with E-state index < -0.39 is 16.8 Å². The molecule has 29 heavy (non-hydrogen) atoms. The van der Waals surface area contributed by atoms with E-state index in [2.05, 4.69) is 10.6 Å². The summed E-state index contributed by atoms with van der Waals surface area (Å²) in [4.78, 5) is 36.0. The zero-order valence-electron chi connectivity index (χ0n) is 15.6. The largest absolute Gasteiger partial charge is 0.486 e. The zero-order chi connectivity index (χ0) is 20.4. The molecule has 0 amide bonds. The van der Waals surface area contributed by atoms with Gasteiger partial charge in [-0.05, 0) is 24.3 Å². The molecule has 0 aliphatic carbocycles. The third kappa shape index (κ3) is 3.52. The Kier molecular flexibility index (Phi) is 4.90. The summed E-state index contributed by atoms with van der Waals surface area (Å²) in [5, 5.41) is 5.83. The number of carbonyl (C=O) groups is 1. The van der Waals surface area contributed by atoms with E-state index in [0.29, 0.717) is 23.8 Å². The third-order valence-electron chi connectivity index (χ3n) is 4.58. The highest BCUT2D eigenvalue weighted by Crippen LogP contribution is 2.31. The lowest BCUT2D eigenvalue weighted by molar-refractivity contribution is 0.0602. The number of hydrogen-bond acceptors (Lipinski definition) is 8. The van der Waals surface area contributed by atoms with E-state index in [9.17, 15) is 14.4 Å². The summed E-state index contributed by atoms with van der Waals surface area (Å²) >= 11 is 0. The van der Waals surface area contributed by atoms with Crippen LogP contribution in [0.5, 0.6) is 11.5 Å². The van der Waals surface area contributed by atoms with Gasteiger partial charge in [-0.2, -0.15) is 0 Å². The number of benzene rings is 2. The van der Waals surface area contributed by atoms with E-state index in [-0.39, 0.29) is 29.6 Å². The van der Waals surface area contributed by atoms with Gasteiger partial charge >= 0.3 is 5.97 Å². The highest BCUT2D eigenvalue weighted by molar-refractivity contribution is 5.97. The SMILES string of the molecule is COC(=O)c1ccccc1Nc1c(NC[C@H]2COc3ccccc3O2)c(=O)c1=O. The van der Waals surface area contributed by atoms with Crippen LogP contribution in [0.4, 0.5) is 17.1 Å². The summed E-state index contributed by atoms with van der Waals surface area (Å²) in [5.74, 6) is 0.744. The van der Waals surface area contributed by atoms with Crippen LogP contribution >= 0.6 is 0 Å². The summed E-state index contributed by atoms with van der Waals surface area (Å²) in [6.45, 7) is 0.583. The fourth-order valence-corrected chi connectivity index (χ4v) is 3.07. The van der Waals surface area contributed by atoms with Crippen LogP contribution in [-0.4, -0.2) is 32.3 Å². The normalized spacial score (nSPS) is 15.0. The van der Waals surface area contributed by atoms with E-state index in [0.717, 1.165) is 0 Å². The minimum absolute atomic E-state index is 0.100. The summed E-state index contributed by atoms with van der Waals surface area (Å²) in [6.07, 6.45) is -0.329. The Morgan fingerprint density at radius 2 is 1.72 bits per heavy atom. The maximum absolute atomic E-state index is 12.1. The molecule has 0 bridgehead atoms. The standard InChI is InChI=1S/C21H18N2O6/c1-27-21(26)13-6-2-3-7-14(13)23-18-17(19(24)20(18)25)22-10-12-11-28-15-8-4-5-9-16(15)29-12/h2-9,12,22-23H,10-11H2,1H3/t12-/m0/s1. The van der Waals surface area contributed by atoms with Crippen molar-refractivity contribution in [2.75, 3.05) is 30.9 Å². The summed E-state index contributed by atoms with van der Waals surface area (Å²) in [7, 11) is 1.27. The first-order valence-corrected chi connectivity index (χ1v) is 8.98. The number of para-hydroxylation sites is 3. The Hall–Kier alpha value is -3.81. The van der Waals surface area contributed by atoms with Crippen molar-refractivity contribution in [1.29, 1.82) is 0 Å². The number of fused-ring (bicyclic) bond motifs is 1. The second-order valence-electron chi connectivity index (χ2n) is 6.45. The predicted octanol–water partition coefficient (Wildman–Crippen LogP) is 2.06. The van der Waals surface area contributed by atoms with Crippen LogP contribution in [0.2, 0.25) is 0 Å². The molecule has 0 aromatic heterocycles. The molecule has 1 aliphatic heterocycles. The predicted molar refractivity (Wildman–Crippen MR) is 107 cm³/mol. The number of esters is 1. The number of nitrogens with one attached hydrogen (secondary N) is 2. The number of carbonyl (C=O) groups excluding carboxylic acids is 1. The number of rotatable bonds is 6. The molecule has 4 rings (SSSR count). The van der Waals surface area contributed by atoms with Crippen LogP contribution in [0.15, 0.2) is 58.1 Å². The smallest absolute Gasteiger partial charge is 0.339 e. The van der Waals surface area contributed by atoms with E-state index >= 15 is 0 Å². The molecule has 1 atom stereocenters. The van der Waals surface area contributed by atoms with Gasteiger partial charge in [0, 0.05) is 0 Å². The van der Waals surface area contributed by atoms with Gasteiger partial charge in [-0.25, -0.2) is 4.79 Å². The highest BCUT2D eigenvalue weighted by atomic mass is 16.6. The summed E-state index contributed by atoms with van der Waals surface area (Å²) in [5.41, 5.74) is -0.394. The first-order chi connectivity index (χ1) is 14.1. The Labute approximate surface area is 165 Å². The van der Waals surface area contributed by atoms with Gasteiger partial charge in [-0.1, -0.05) is 24.3 Å². The molecule has 0 spiro atoms. The van der Waals surface area contributed by atoms with Crippen molar-refractivity contribution in [1.82, 2.24) is 0 Å². The molecule has 0 saturated heterocycles. The first kappa shape index (κ1) is 18.5. The zero-order valence-corrected chi connectivity index (χ0v) is 15.6. The van der Waals surface area contributed by atoms with Gasteiger partial charge in [-0.15, -0.1) is 0 Å². The van der Waals surface area contributed by atoms with Crippen LogP contribution in [-0.2, 0) is 4.74 Å². The maximum Gasteiger partial charge on any atom is 0.339 e.